The Bertz CT molecular complexity index is 572. The summed E-state index contributed by atoms with van der Waals surface area (Å²) in [6.07, 6.45) is 1.51. The minimum atomic E-state index is -0.710. The first-order chi connectivity index (χ1) is 8.70. The van der Waals surface area contributed by atoms with Crippen LogP contribution in [-0.2, 0) is 4.74 Å². The van der Waals surface area contributed by atoms with Crippen LogP contribution in [0.1, 0.15) is 12.6 Å². The van der Waals surface area contributed by atoms with Crippen LogP contribution >= 0.6 is 0 Å². The van der Waals surface area contributed by atoms with Gasteiger partial charge in [0.2, 0.25) is 0 Å². The zero-order chi connectivity index (χ0) is 12.7. The minimum Gasteiger partial charge on any atom is -0.394 e. The van der Waals surface area contributed by atoms with Crippen molar-refractivity contribution in [3.05, 3.63) is 12.5 Å². The van der Waals surface area contributed by atoms with E-state index in [1.807, 2.05) is 0 Å². The van der Waals surface area contributed by atoms with Crippen molar-refractivity contribution in [2.24, 2.45) is 0 Å². The Morgan fingerprint density at radius 2 is 2.33 bits per heavy atom. The third-order valence-corrected chi connectivity index (χ3v) is 3.08. The first-order valence-corrected chi connectivity index (χ1v) is 5.58. The molecule has 0 radical (unpaired) electrons. The molecule has 3 atom stereocenters. The quantitative estimate of drug-likeness (QED) is 0.629. The van der Waals surface area contributed by atoms with E-state index in [9.17, 15) is 5.11 Å². The molecule has 1 saturated heterocycles. The first kappa shape index (κ1) is 11.3. The van der Waals surface area contributed by atoms with Crippen LogP contribution in [0.3, 0.4) is 0 Å². The minimum absolute atomic E-state index is 0.228. The second-order valence-corrected chi connectivity index (χ2v) is 4.20. The van der Waals surface area contributed by atoms with Crippen LogP contribution in [0, 0.1) is 0 Å². The predicted molar refractivity (Wildman–Crippen MR) is 61.4 cm³/mol. The fourth-order valence-electron chi connectivity index (χ4n) is 2.12. The molecule has 96 valence electrons. The van der Waals surface area contributed by atoms with Crippen molar-refractivity contribution < 1.29 is 14.9 Å². The molecule has 1 aliphatic heterocycles. The van der Waals surface area contributed by atoms with Gasteiger partial charge in [-0.25, -0.2) is 14.6 Å². The lowest BCUT2D eigenvalue weighted by Gasteiger charge is -2.12. The fraction of sp³-hybridized carbons (Fsp3) is 0.500. The molecule has 8 heteroatoms. The molecule has 0 aliphatic carbocycles. The molecule has 2 aromatic rings. The number of nitrogen functional groups attached to an aromatic ring is 1. The Balaban J connectivity index is 1.99. The van der Waals surface area contributed by atoms with Crippen molar-refractivity contribution in [1.82, 2.24) is 19.7 Å². The van der Waals surface area contributed by atoms with Crippen molar-refractivity contribution in [3.63, 3.8) is 0 Å². The monoisotopic (exact) mass is 251 g/mol. The smallest absolute Gasteiger partial charge is 0.165 e. The number of aliphatic hydroxyl groups excluding tert-OH is 2. The number of nitrogens with zero attached hydrogens (tertiary/aromatic N) is 4. The van der Waals surface area contributed by atoms with Crippen molar-refractivity contribution in [1.29, 1.82) is 0 Å². The second-order valence-electron chi connectivity index (χ2n) is 4.20. The molecule has 8 nitrogen and oxygen atoms in total. The Morgan fingerprint density at radius 1 is 1.50 bits per heavy atom. The number of hydrogen-bond donors (Lipinski definition) is 3. The molecule has 3 rings (SSSR count). The van der Waals surface area contributed by atoms with Gasteiger partial charge in [0.25, 0.3) is 0 Å². The van der Waals surface area contributed by atoms with Crippen LogP contribution in [0.4, 0.5) is 5.82 Å². The highest BCUT2D eigenvalue weighted by molar-refractivity contribution is 5.84. The van der Waals surface area contributed by atoms with Crippen molar-refractivity contribution in [2.45, 2.75) is 24.9 Å². The lowest BCUT2D eigenvalue weighted by molar-refractivity contribution is -0.0470. The first-order valence-electron chi connectivity index (χ1n) is 5.58. The lowest BCUT2D eigenvalue weighted by atomic mass is 10.2. The van der Waals surface area contributed by atoms with Crippen LogP contribution in [-0.4, -0.2) is 48.8 Å². The number of fused-ring (bicyclic) bond motifs is 1. The van der Waals surface area contributed by atoms with E-state index in [1.165, 1.54) is 6.33 Å². The molecule has 1 fully saturated rings. The van der Waals surface area contributed by atoms with Crippen molar-refractivity contribution in [2.75, 3.05) is 12.3 Å². The average molecular weight is 251 g/mol. The van der Waals surface area contributed by atoms with E-state index in [4.69, 9.17) is 15.6 Å². The van der Waals surface area contributed by atoms with Gasteiger partial charge in [0.1, 0.15) is 18.2 Å². The molecule has 3 heterocycles. The molecular weight excluding hydrogens is 238 g/mol. The highest BCUT2D eigenvalue weighted by Gasteiger charge is 2.35. The third kappa shape index (κ3) is 1.62. The second kappa shape index (κ2) is 4.16. The summed E-state index contributed by atoms with van der Waals surface area (Å²) in [6, 6.07) is 0. The molecule has 0 amide bonds. The molecule has 0 aromatic carbocycles. The van der Waals surface area contributed by atoms with Gasteiger partial charge in [-0.3, -0.25) is 0 Å². The molecular formula is C10H13N5O3. The van der Waals surface area contributed by atoms with E-state index in [2.05, 4.69) is 15.1 Å². The van der Waals surface area contributed by atoms with Crippen LogP contribution < -0.4 is 5.73 Å². The van der Waals surface area contributed by atoms with Crippen LogP contribution in [0.25, 0.3) is 11.0 Å². The molecule has 18 heavy (non-hydrogen) atoms. The Hall–Kier alpha value is -1.77. The maximum atomic E-state index is 9.70. The molecule has 0 spiro atoms. The normalized spacial score (nSPS) is 28.0. The number of aromatic nitrogens is 4. The Kier molecular flexibility index (Phi) is 2.62. The van der Waals surface area contributed by atoms with E-state index in [1.54, 1.807) is 10.9 Å². The highest BCUT2D eigenvalue weighted by Crippen LogP contribution is 2.30. The van der Waals surface area contributed by atoms with Crippen molar-refractivity contribution >= 4 is 16.9 Å². The van der Waals surface area contributed by atoms with Crippen molar-refractivity contribution in [3.8, 4) is 0 Å². The third-order valence-electron chi connectivity index (χ3n) is 3.08. The summed E-state index contributed by atoms with van der Waals surface area (Å²) in [6.45, 7) is -0.228. The van der Waals surface area contributed by atoms with Gasteiger partial charge in [-0.05, 0) is 0 Å². The summed E-state index contributed by atoms with van der Waals surface area (Å²) >= 11 is 0. The standard InChI is InChI=1S/C10H13N5O3/c11-9-5-2-14-15(10(5)13-4-12-9)8-1-6(17)7(3-16)18-8/h2,4,6-8,16-17H,1,3H2,(H2,11,12,13)/t6-,7+,8-/m1/s1. The van der Waals surface area contributed by atoms with Gasteiger partial charge in [0.05, 0.1) is 24.3 Å². The molecule has 0 bridgehead atoms. The SMILES string of the molecule is Nc1ncnc2c1cnn2[C@H]1C[C@@H](O)[C@H](CO)O1. The van der Waals surface area contributed by atoms with E-state index < -0.39 is 18.4 Å². The molecule has 0 unspecified atom stereocenters. The van der Waals surface area contributed by atoms with Gasteiger partial charge in [0.15, 0.2) is 11.9 Å². The summed E-state index contributed by atoms with van der Waals surface area (Å²) in [7, 11) is 0. The van der Waals surface area contributed by atoms with E-state index >= 15 is 0 Å². The number of nitrogens with two attached hydrogens (primary N) is 1. The molecule has 1 aliphatic rings. The maximum Gasteiger partial charge on any atom is 0.165 e. The Labute approximate surface area is 102 Å². The van der Waals surface area contributed by atoms with Crippen LogP contribution in [0.2, 0.25) is 0 Å². The van der Waals surface area contributed by atoms with Gasteiger partial charge < -0.3 is 20.7 Å². The zero-order valence-corrected chi connectivity index (χ0v) is 9.47. The number of hydrogen-bond acceptors (Lipinski definition) is 7. The molecule has 4 N–H and O–H groups in total. The van der Waals surface area contributed by atoms with Crippen LogP contribution in [0.5, 0.6) is 0 Å². The highest BCUT2D eigenvalue weighted by atomic mass is 16.5. The van der Waals surface area contributed by atoms with Crippen LogP contribution in [0.15, 0.2) is 12.5 Å². The van der Waals surface area contributed by atoms with Gasteiger partial charge in [0, 0.05) is 6.42 Å². The largest absolute Gasteiger partial charge is 0.394 e. The predicted octanol–water partition coefficient (Wildman–Crippen LogP) is -0.951. The molecule has 2 aromatic heterocycles. The number of aliphatic hydroxyl groups is 2. The summed E-state index contributed by atoms with van der Waals surface area (Å²) in [5, 5.41) is 23.5. The average Bonchev–Trinajstić information content (AvgIpc) is 2.93. The van der Waals surface area contributed by atoms with E-state index in [0.717, 1.165) is 0 Å². The van der Waals surface area contributed by atoms with E-state index in [0.29, 0.717) is 23.3 Å². The zero-order valence-electron chi connectivity index (χ0n) is 9.47. The topological polar surface area (TPSA) is 119 Å². The fourth-order valence-corrected chi connectivity index (χ4v) is 2.12. The summed E-state index contributed by atoms with van der Waals surface area (Å²) < 4.78 is 7.06. The molecule has 0 saturated carbocycles. The van der Waals surface area contributed by atoms with Gasteiger partial charge in [-0.2, -0.15) is 5.10 Å². The van der Waals surface area contributed by atoms with Gasteiger partial charge >= 0.3 is 0 Å². The van der Waals surface area contributed by atoms with E-state index in [-0.39, 0.29) is 6.61 Å². The summed E-state index contributed by atoms with van der Waals surface area (Å²) in [5.74, 6) is 0.350. The number of rotatable bonds is 2. The van der Waals surface area contributed by atoms with Gasteiger partial charge in [-0.15, -0.1) is 0 Å². The number of anilines is 1. The summed E-state index contributed by atoms with van der Waals surface area (Å²) in [4.78, 5) is 7.98. The summed E-state index contributed by atoms with van der Waals surface area (Å²) in [5.41, 5.74) is 6.27. The lowest BCUT2D eigenvalue weighted by Crippen LogP contribution is -2.24. The number of ether oxygens (including phenoxy) is 1. The Morgan fingerprint density at radius 3 is 3.06 bits per heavy atom. The van der Waals surface area contributed by atoms with Gasteiger partial charge in [-0.1, -0.05) is 0 Å². The maximum absolute atomic E-state index is 9.70.